The van der Waals surface area contributed by atoms with Crippen LogP contribution in [0.2, 0.25) is 5.15 Å². The van der Waals surface area contributed by atoms with Crippen molar-refractivity contribution in [3.8, 4) is 0 Å². The maximum Gasteiger partial charge on any atom is 0.153 e. The van der Waals surface area contributed by atoms with Crippen LogP contribution >= 0.6 is 11.6 Å². The highest BCUT2D eigenvalue weighted by molar-refractivity contribution is 6.30. The highest BCUT2D eigenvalue weighted by atomic mass is 35.5. The Labute approximate surface area is 134 Å². The predicted molar refractivity (Wildman–Crippen MR) is 90.0 cm³/mol. The van der Waals surface area contributed by atoms with E-state index in [9.17, 15) is 0 Å². The molecule has 110 valence electrons. The zero-order valence-corrected chi connectivity index (χ0v) is 12.8. The fraction of sp³-hybridized carbons (Fsp3) is 0.111. The summed E-state index contributed by atoms with van der Waals surface area (Å²) in [5, 5.41) is 0.373. The van der Waals surface area contributed by atoms with Crippen LogP contribution in [-0.4, -0.2) is 9.97 Å². The minimum absolute atomic E-state index is 0.373. The molecule has 0 fully saturated rings. The summed E-state index contributed by atoms with van der Waals surface area (Å²) in [7, 11) is 0. The number of hydrogen-bond acceptors (Lipinski definition) is 3. The summed E-state index contributed by atoms with van der Waals surface area (Å²) in [4.78, 5) is 8.89. The summed E-state index contributed by atoms with van der Waals surface area (Å²) in [5.41, 5.74) is 9.79. The first-order valence-electron chi connectivity index (χ1n) is 7.11. The van der Waals surface area contributed by atoms with Gasteiger partial charge in [-0.15, -0.1) is 0 Å². The zero-order valence-electron chi connectivity index (χ0n) is 12.0. The van der Waals surface area contributed by atoms with Crippen LogP contribution in [-0.2, 0) is 12.8 Å². The van der Waals surface area contributed by atoms with E-state index in [1.54, 1.807) is 0 Å². The average Bonchev–Trinajstić information content (AvgIpc) is 2.54. The van der Waals surface area contributed by atoms with Gasteiger partial charge in [0.2, 0.25) is 0 Å². The average molecular weight is 310 g/mol. The minimum Gasteiger partial charge on any atom is -0.382 e. The van der Waals surface area contributed by atoms with Crippen LogP contribution < -0.4 is 5.73 Å². The SMILES string of the molecule is Nc1nc(Cl)c(Cc2ccccc2)nc1Cc1ccccc1. The van der Waals surface area contributed by atoms with Gasteiger partial charge >= 0.3 is 0 Å². The van der Waals surface area contributed by atoms with Gasteiger partial charge < -0.3 is 5.73 Å². The minimum atomic E-state index is 0.373. The molecule has 0 amide bonds. The lowest BCUT2D eigenvalue weighted by Crippen LogP contribution is -2.07. The summed E-state index contributed by atoms with van der Waals surface area (Å²) in [5.74, 6) is 0.394. The van der Waals surface area contributed by atoms with Crippen LogP contribution in [0.4, 0.5) is 5.82 Å². The second-order valence-corrected chi connectivity index (χ2v) is 5.48. The first-order valence-corrected chi connectivity index (χ1v) is 7.49. The number of halogens is 1. The Morgan fingerprint density at radius 3 is 1.77 bits per heavy atom. The van der Waals surface area contributed by atoms with Crippen molar-refractivity contribution in [2.75, 3.05) is 5.73 Å². The van der Waals surface area contributed by atoms with Crippen LogP contribution in [0, 0.1) is 0 Å². The molecular formula is C18H16ClN3. The van der Waals surface area contributed by atoms with E-state index in [0.717, 1.165) is 22.5 Å². The lowest BCUT2D eigenvalue weighted by molar-refractivity contribution is 0.962. The molecule has 3 aromatic rings. The number of rotatable bonds is 4. The molecule has 2 N–H and O–H groups in total. The van der Waals surface area contributed by atoms with Crippen LogP contribution in [0.1, 0.15) is 22.5 Å². The van der Waals surface area contributed by atoms with Gasteiger partial charge in [-0.1, -0.05) is 72.3 Å². The van der Waals surface area contributed by atoms with Gasteiger partial charge in [0.25, 0.3) is 0 Å². The third-order valence-corrected chi connectivity index (χ3v) is 3.75. The smallest absolute Gasteiger partial charge is 0.153 e. The quantitative estimate of drug-likeness (QED) is 0.795. The van der Waals surface area contributed by atoms with Gasteiger partial charge in [-0.05, 0) is 11.1 Å². The fourth-order valence-electron chi connectivity index (χ4n) is 2.32. The largest absolute Gasteiger partial charge is 0.382 e. The summed E-state index contributed by atoms with van der Waals surface area (Å²) < 4.78 is 0. The first-order chi connectivity index (χ1) is 10.7. The van der Waals surface area contributed by atoms with Crippen molar-refractivity contribution < 1.29 is 0 Å². The van der Waals surface area contributed by atoms with Gasteiger partial charge in [-0.3, -0.25) is 4.98 Å². The highest BCUT2D eigenvalue weighted by Gasteiger charge is 2.11. The number of nitrogens with two attached hydrogens (primary N) is 1. The summed E-state index contributed by atoms with van der Waals surface area (Å²) in [6, 6.07) is 20.2. The first kappa shape index (κ1) is 14.5. The summed E-state index contributed by atoms with van der Waals surface area (Å²) in [6.45, 7) is 0. The number of hydrogen-bond donors (Lipinski definition) is 1. The monoisotopic (exact) mass is 309 g/mol. The number of nitrogens with zero attached hydrogens (tertiary/aromatic N) is 2. The lowest BCUT2D eigenvalue weighted by Gasteiger charge is -2.09. The second kappa shape index (κ2) is 6.58. The Kier molecular flexibility index (Phi) is 4.35. The Morgan fingerprint density at radius 2 is 1.23 bits per heavy atom. The molecule has 0 aliphatic heterocycles. The molecule has 2 aromatic carbocycles. The highest BCUT2D eigenvalue weighted by Crippen LogP contribution is 2.21. The van der Waals surface area contributed by atoms with Gasteiger partial charge in [0.1, 0.15) is 5.82 Å². The molecule has 4 heteroatoms. The van der Waals surface area contributed by atoms with Crippen molar-refractivity contribution in [2.45, 2.75) is 12.8 Å². The van der Waals surface area contributed by atoms with Gasteiger partial charge in [-0.2, -0.15) is 0 Å². The molecule has 3 nitrogen and oxygen atoms in total. The molecule has 0 spiro atoms. The van der Waals surface area contributed by atoms with E-state index < -0.39 is 0 Å². The molecule has 0 saturated carbocycles. The zero-order chi connectivity index (χ0) is 15.4. The standard InChI is InChI=1S/C18H16ClN3/c19-17-15(11-13-7-3-1-4-8-13)21-16(18(20)22-17)12-14-9-5-2-6-10-14/h1-10H,11-12H2,(H2,20,22). The topological polar surface area (TPSA) is 51.8 Å². The van der Waals surface area contributed by atoms with Gasteiger partial charge in [-0.25, -0.2) is 4.98 Å². The van der Waals surface area contributed by atoms with E-state index in [-0.39, 0.29) is 0 Å². The molecule has 0 aliphatic rings. The van der Waals surface area contributed by atoms with E-state index in [0.29, 0.717) is 23.8 Å². The maximum absolute atomic E-state index is 6.20. The molecule has 0 unspecified atom stereocenters. The Hall–Kier alpha value is -2.39. The molecule has 3 rings (SSSR count). The lowest BCUT2D eigenvalue weighted by atomic mass is 10.1. The third kappa shape index (κ3) is 3.43. The van der Waals surface area contributed by atoms with Crippen molar-refractivity contribution in [3.05, 3.63) is 88.3 Å². The van der Waals surface area contributed by atoms with Crippen LogP contribution in [0.15, 0.2) is 60.7 Å². The van der Waals surface area contributed by atoms with E-state index >= 15 is 0 Å². The normalized spacial score (nSPS) is 10.6. The Morgan fingerprint density at radius 1 is 0.727 bits per heavy atom. The molecule has 1 heterocycles. The van der Waals surface area contributed by atoms with E-state index in [1.165, 1.54) is 0 Å². The van der Waals surface area contributed by atoms with E-state index in [4.69, 9.17) is 17.3 Å². The molecule has 22 heavy (non-hydrogen) atoms. The Bertz CT molecular complexity index is 695. The van der Waals surface area contributed by atoms with Crippen LogP contribution in [0.3, 0.4) is 0 Å². The molecule has 0 saturated heterocycles. The third-order valence-electron chi connectivity index (χ3n) is 3.45. The number of anilines is 1. The molecule has 0 aliphatic carbocycles. The molecular weight excluding hydrogens is 294 g/mol. The van der Waals surface area contributed by atoms with E-state index in [1.807, 2.05) is 60.7 Å². The number of aromatic nitrogens is 2. The van der Waals surface area contributed by atoms with Crippen molar-refractivity contribution in [1.29, 1.82) is 0 Å². The summed E-state index contributed by atoms with van der Waals surface area (Å²) in [6.07, 6.45) is 1.30. The van der Waals surface area contributed by atoms with Crippen molar-refractivity contribution >= 4 is 17.4 Å². The second-order valence-electron chi connectivity index (χ2n) is 5.12. The van der Waals surface area contributed by atoms with Gasteiger partial charge in [0.05, 0.1) is 11.4 Å². The van der Waals surface area contributed by atoms with E-state index in [2.05, 4.69) is 9.97 Å². The molecule has 0 radical (unpaired) electrons. The van der Waals surface area contributed by atoms with Crippen LogP contribution in [0.25, 0.3) is 0 Å². The van der Waals surface area contributed by atoms with Crippen molar-refractivity contribution in [3.63, 3.8) is 0 Å². The number of nitrogen functional groups attached to an aromatic ring is 1. The molecule has 0 atom stereocenters. The number of benzene rings is 2. The van der Waals surface area contributed by atoms with Gasteiger partial charge in [0.15, 0.2) is 5.15 Å². The van der Waals surface area contributed by atoms with Gasteiger partial charge in [0, 0.05) is 12.8 Å². The Balaban J connectivity index is 1.90. The van der Waals surface area contributed by atoms with Crippen molar-refractivity contribution in [2.24, 2.45) is 0 Å². The summed E-state index contributed by atoms with van der Waals surface area (Å²) >= 11 is 6.20. The van der Waals surface area contributed by atoms with Crippen molar-refractivity contribution in [1.82, 2.24) is 9.97 Å². The molecule has 1 aromatic heterocycles. The predicted octanol–water partition coefficient (Wildman–Crippen LogP) is 3.89. The van der Waals surface area contributed by atoms with Crippen LogP contribution in [0.5, 0.6) is 0 Å². The molecule has 0 bridgehead atoms. The fourth-order valence-corrected chi connectivity index (χ4v) is 2.52. The maximum atomic E-state index is 6.20.